The van der Waals surface area contributed by atoms with Gasteiger partial charge in [0.25, 0.3) is 5.52 Å². The van der Waals surface area contributed by atoms with Crippen molar-refractivity contribution in [3.63, 3.8) is 0 Å². The van der Waals surface area contributed by atoms with Gasteiger partial charge < -0.3 is 24.8 Å². The molecule has 2 rings (SSSR count). The predicted molar refractivity (Wildman–Crippen MR) is 84.1 cm³/mol. The largest absolute Gasteiger partial charge is 0.739 e. The Bertz CT molecular complexity index is 665. The third-order valence-corrected chi connectivity index (χ3v) is 3.15. The molecule has 1 N–H and O–H groups in total. The number of likely N-dealkylation sites (N-methyl/N-ethyl adjacent to an activating group) is 1. The molecule has 9 nitrogen and oxygen atoms in total. The summed E-state index contributed by atoms with van der Waals surface area (Å²) < 4.78 is 11.0. The Morgan fingerprint density at radius 1 is 1.22 bits per heavy atom. The Morgan fingerprint density at radius 2 is 2.00 bits per heavy atom. The Hall–Kier alpha value is -2.39. The molecule has 0 aliphatic carbocycles. The first kappa shape index (κ1) is 17.0. The van der Waals surface area contributed by atoms with Gasteiger partial charge in [-0.1, -0.05) is 0 Å². The highest BCUT2D eigenvalue weighted by molar-refractivity contribution is 5.70. The highest BCUT2D eigenvalue weighted by Crippen LogP contribution is 2.16. The summed E-state index contributed by atoms with van der Waals surface area (Å²) in [6.45, 7) is 2.00. The minimum absolute atomic E-state index is 0.0385. The van der Waals surface area contributed by atoms with E-state index in [4.69, 9.17) is 9.47 Å². The molecular formula is C14H21N5O4. The number of aromatic nitrogens is 3. The molecule has 0 saturated carbocycles. The van der Waals surface area contributed by atoms with E-state index in [2.05, 4.69) is 10.4 Å². The van der Waals surface area contributed by atoms with Gasteiger partial charge in [0.2, 0.25) is 5.10 Å². The first-order valence-electron chi connectivity index (χ1n) is 7.20. The van der Waals surface area contributed by atoms with Gasteiger partial charge in [0.1, 0.15) is 12.4 Å². The number of hydrogen-bond acceptors (Lipinski definition) is 7. The number of nitrogens with zero attached hydrogens (tertiary/aromatic N) is 4. The van der Waals surface area contributed by atoms with E-state index in [9.17, 15) is 10.4 Å². The molecule has 23 heavy (non-hydrogen) atoms. The molecule has 0 amide bonds. The van der Waals surface area contributed by atoms with Gasteiger partial charge in [-0.15, -0.1) is 0 Å². The summed E-state index contributed by atoms with van der Waals surface area (Å²) in [6, 6.07) is 4.65. The molecule has 126 valence electrons. The van der Waals surface area contributed by atoms with Crippen molar-refractivity contribution in [2.45, 2.75) is 0 Å². The summed E-state index contributed by atoms with van der Waals surface area (Å²) in [4.78, 5) is 2.39. The van der Waals surface area contributed by atoms with Gasteiger partial charge >= 0.3 is 5.95 Å². The zero-order valence-electron chi connectivity index (χ0n) is 13.5. The maximum absolute atomic E-state index is 12.4. The number of nitrogens with one attached hydrogen (secondary N) is 1. The van der Waals surface area contributed by atoms with E-state index in [0.717, 1.165) is 0 Å². The fourth-order valence-electron chi connectivity index (χ4n) is 1.95. The quantitative estimate of drug-likeness (QED) is 0.397. The normalized spacial score (nSPS) is 11.1. The van der Waals surface area contributed by atoms with Gasteiger partial charge in [0.05, 0.1) is 13.2 Å². The van der Waals surface area contributed by atoms with Gasteiger partial charge in [-0.25, -0.2) is 4.73 Å². The number of methoxy groups -OCH3 is 1. The Morgan fingerprint density at radius 3 is 2.70 bits per heavy atom. The molecule has 0 atom stereocenters. The van der Waals surface area contributed by atoms with Gasteiger partial charge in [-0.3, -0.25) is 5.32 Å². The van der Waals surface area contributed by atoms with E-state index in [-0.39, 0.29) is 17.0 Å². The standard InChI is InChI=1S/C14H21N5O4/c1-17(2)7-6-15-14-16-19(21)12-5-4-11(23-9-8-22-3)10-13(12)18(14)20/h4-5,10H,6-9H2,1-3H3,(H,15,16). The van der Waals surface area contributed by atoms with E-state index in [0.29, 0.717) is 41.6 Å². The number of fused-ring (bicyclic) bond motifs is 1. The van der Waals surface area contributed by atoms with Gasteiger partial charge in [-0.2, -0.15) is 0 Å². The number of ether oxygens (including phenoxy) is 2. The molecule has 0 saturated heterocycles. The van der Waals surface area contributed by atoms with Crippen molar-refractivity contribution in [3.8, 4) is 5.75 Å². The van der Waals surface area contributed by atoms with Crippen LogP contribution >= 0.6 is 0 Å². The smallest absolute Gasteiger partial charge is 0.461 e. The van der Waals surface area contributed by atoms with E-state index in [1.807, 2.05) is 19.0 Å². The second kappa shape index (κ2) is 7.75. The van der Waals surface area contributed by atoms with Crippen LogP contribution in [0.25, 0.3) is 11.0 Å². The minimum atomic E-state index is -0.0385. The highest BCUT2D eigenvalue weighted by atomic mass is 16.5. The van der Waals surface area contributed by atoms with Crippen LogP contribution in [0.2, 0.25) is 0 Å². The molecule has 1 aromatic carbocycles. The molecule has 0 aliphatic rings. The van der Waals surface area contributed by atoms with Crippen molar-refractivity contribution < 1.29 is 19.0 Å². The lowest BCUT2D eigenvalue weighted by molar-refractivity contribution is -0.672. The summed E-state index contributed by atoms with van der Waals surface area (Å²) in [5.74, 6) is 0.452. The Labute approximate surface area is 134 Å². The summed E-state index contributed by atoms with van der Waals surface area (Å²) in [5.41, 5.74) is 0.370. The molecule has 0 fully saturated rings. The van der Waals surface area contributed by atoms with Crippen LogP contribution in [-0.2, 0) is 4.74 Å². The number of hydrogen-bond donors (Lipinski definition) is 1. The molecule has 0 unspecified atom stereocenters. The van der Waals surface area contributed by atoms with Crippen LogP contribution in [0.1, 0.15) is 0 Å². The van der Waals surface area contributed by atoms with Crippen molar-refractivity contribution in [3.05, 3.63) is 28.6 Å². The van der Waals surface area contributed by atoms with Crippen molar-refractivity contribution in [1.29, 1.82) is 0 Å². The van der Waals surface area contributed by atoms with Gasteiger partial charge in [0.15, 0.2) is 5.52 Å². The van der Waals surface area contributed by atoms with Crippen molar-refractivity contribution >= 4 is 17.0 Å². The maximum atomic E-state index is 12.4. The van der Waals surface area contributed by atoms with E-state index in [1.54, 1.807) is 13.2 Å². The summed E-state index contributed by atoms with van der Waals surface area (Å²) in [5, 5.41) is 30.9. The fraction of sp³-hybridized carbons (Fsp3) is 0.500. The van der Waals surface area contributed by atoms with Crippen LogP contribution in [0, 0.1) is 10.4 Å². The lowest BCUT2D eigenvalue weighted by Gasteiger charge is -2.12. The Kier molecular flexibility index (Phi) is 5.72. The number of benzene rings is 1. The zero-order chi connectivity index (χ0) is 16.8. The minimum Gasteiger partial charge on any atom is -0.739 e. The van der Waals surface area contributed by atoms with Crippen LogP contribution in [0.15, 0.2) is 18.2 Å². The lowest BCUT2D eigenvalue weighted by Crippen LogP contribution is -2.44. The lowest BCUT2D eigenvalue weighted by atomic mass is 10.3. The second-order valence-corrected chi connectivity index (χ2v) is 5.21. The summed E-state index contributed by atoms with van der Waals surface area (Å²) in [6.07, 6.45) is 0. The molecule has 0 spiro atoms. The third kappa shape index (κ3) is 4.30. The van der Waals surface area contributed by atoms with Crippen LogP contribution < -0.4 is 19.6 Å². The highest BCUT2D eigenvalue weighted by Gasteiger charge is 2.20. The Balaban J connectivity index is 2.26. The third-order valence-electron chi connectivity index (χ3n) is 3.15. The zero-order valence-corrected chi connectivity index (χ0v) is 13.5. The molecule has 0 aliphatic heterocycles. The maximum Gasteiger partial charge on any atom is 0.461 e. The number of rotatable bonds is 8. The van der Waals surface area contributed by atoms with Gasteiger partial charge in [-0.05, 0) is 20.2 Å². The molecule has 1 heterocycles. The SMILES string of the molecule is COCCOc1ccc2c(c1)[n+]([O-])c(NCCN(C)C)n[n+]2[O-]. The molecule has 0 bridgehead atoms. The fourth-order valence-corrected chi connectivity index (χ4v) is 1.95. The monoisotopic (exact) mass is 323 g/mol. The molecule has 2 aromatic rings. The molecule has 1 aromatic heterocycles. The first-order chi connectivity index (χ1) is 11.0. The summed E-state index contributed by atoms with van der Waals surface area (Å²) >= 11 is 0. The second-order valence-electron chi connectivity index (χ2n) is 5.21. The van der Waals surface area contributed by atoms with E-state index in [1.165, 1.54) is 12.1 Å². The first-order valence-corrected chi connectivity index (χ1v) is 7.20. The molecule has 9 heteroatoms. The topological polar surface area (TPSA) is 100 Å². The summed E-state index contributed by atoms with van der Waals surface area (Å²) in [7, 11) is 5.41. The average molecular weight is 323 g/mol. The average Bonchev–Trinajstić information content (AvgIpc) is 2.52. The van der Waals surface area contributed by atoms with Crippen molar-refractivity contribution in [2.24, 2.45) is 0 Å². The predicted octanol–water partition coefficient (Wildman–Crippen LogP) is -0.500. The van der Waals surface area contributed by atoms with Crippen LogP contribution in [0.3, 0.4) is 0 Å². The van der Waals surface area contributed by atoms with Crippen LogP contribution in [0.4, 0.5) is 5.95 Å². The van der Waals surface area contributed by atoms with Crippen molar-refractivity contribution in [2.75, 3.05) is 52.8 Å². The van der Waals surface area contributed by atoms with Crippen LogP contribution in [-0.4, -0.2) is 57.5 Å². The van der Waals surface area contributed by atoms with Gasteiger partial charge in [0, 0.05) is 30.6 Å². The van der Waals surface area contributed by atoms with Crippen LogP contribution in [0.5, 0.6) is 5.75 Å². The van der Waals surface area contributed by atoms with Crippen molar-refractivity contribution in [1.82, 2.24) is 10.00 Å². The number of anilines is 1. The van der Waals surface area contributed by atoms with E-state index >= 15 is 0 Å². The molecule has 0 radical (unpaired) electrons. The molecular weight excluding hydrogens is 302 g/mol. The van der Waals surface area contributed by atoms with E-state index < -0.39 is 0 Å².